The highest BCUT2D eigenvalue weighted by Crippen LogP contribution is 2.35. The fourth-order valence-electron chi connectivity index (χ4n) is 4.32. The van der Waals surface area contributed by atoms with E-state index in [0.29, 0.717) is 17.1 Å². The second kappa shape index (κ2) is 13.7. The summed E-state index contributed by atoms with van der Waals surface area (Å²) in [5.74, 6) is -1.12. The van der Waals surface area contributed by atoms with Crippen molar-refractivity contribution in [3.05, 3.63) is 93.8 Å². The maximum absolute atomic E-state index is 12.6. The lowest BCUT2D eigenvalue weighted by Crippen LogP contribution is -2.33. The zero-order valence-electron chi connectivity index (χ0n) is 21.6. The average molecular weight is 528 g/mol. The Kier molecular flexibility index (Phi) is 10.6. The largest absolute Gasteiger partial charge is 0.478 e. The first-order chi connectivity index (χ1) is 17.7. The summed E-state index contributed by atoms with van der Waals surface area (Å²) in [6.07, 6.45) is 1.63. The van der Waals surface area contributed by atoms with Crippen LogP contribution in [0.1, 0.15) is 52.9 Å². The van der Waals surface area contributed by atoms with Gasteiger partial charge in [0.05, 0.1) is 24.4 Å². The molecule has 0 spiro atoms. The molecule has 0 bridgehead atoms. The van der Waals surface area contributed by atoms with Gasteiger partial charge in [0.25, 0.3) is 0 Å². The molecule has 0 aromatic heterocycles. The van der Waals surface area contributed by atoms with Crippen LogP contribution < -0.4 is 0 Å². The van der Waals surface area contributed by atoms with Crippen molar-refractivity contribution in [1.29, 1.82) is 0 Å². The van der Waals surface area contributed by atoms with Crippen molar-refractivity contribution in [1.82, 2.24) is 4.90 Å². The molecule has 4 rings (SSSR count). The summed E-state index contributed by atoms with van der Waals surface area (Å²) >= 11 is 6.36. The molecule has 0 radical (unpaired) electrons. The van der Waals surface area contributed by atoms with Crippen molar-refractivity contribution in [2.45, 2.75) is 45.8 Å². The van der Waals surface area contributed by atoms with Gasteiger partial charge < -0.3 is 19.8 Å². The molecule has 7 heteroatoms. The molecule has 2 atom stereocenters. The van der Waals surface area contributed by atoms with Crippen LogP contribution in [0.15, 0.2) is 60.7 Å². The molecule has 2 N–H and O–H groups in total. The standard InChI is InChI=1S/C22H26ClNO4.C8H9F/c1-15(28-14-17(25)13-24-10-4-5-11-24)18-6-2-3-7-19(18)20-9-8-16(22(26)27)12-21(20)23;1-6-3-4-7(2)8(9)5-6/h2-3,6-9,12,15,17,25H,4-5,10-11,13-14H2,1H3,(H,26,27);3-5H,1-2H3. The first-order valence-electron chi connectivity index (χ1n) is 12.5. The van der Waals surface area contributed by atoms with Gasteiger partial charge in [-0.2, -0.15) is 0 Å². The summed E-state index contributed by atoms with van der Waals surface area (Å²) in [6, 6.07) is 17.7. The lowest BCUT2D eigenvalue weighted by Gasteiger charge is -2.22. The SMILES string of the molecule is CC(OCC(O)CN1CCCC1)c1ccccc1-c1ccc(C(=O)O)cc1Cl.Cc1ccc(C)c(F)c1. The summed E-state index contributed by atoms with van der Waals surface area (Å²) in [4.78, 5) is 13.4. The van der Waals surface area contributed by atoms with E-state index in [0.717, 1.165) is 35.3 Å². The number of carboxylic acid groups (broad SMARTS) is 1. The van der Waals surface area contributed by atoms with Gasteiger partial charge in [-0.05, 0) is 87.2 Å². The van der Waals surface area contributed by atoms with E-state index in [1.165, 1.54) is 25.0 Å². The van der Waals surface area contributed by atoms with Crippen LogP contribution in [0.2, 0.25) is 5.02 Å². The topological polar surface area (TPSA) is 70.0 Å². The van der Waals surface area contributed by atoms with Crippen LogP contribution in [-0.2, 0) is 4.74 Å². The van der Waals surface area contributed by atoms with Gasteiger partial charge in [0.15, 0.2) is 0 Å². The third-order valence-electron chi connectivity index (χ3n) is 6.44. The van der Waals surface area contributed by atoms with Crippen LogP contribution in [0.4, 0.5) is 4.39 Å². The molecule has 2 unspecified atom stereocenters. The number of hydrogen-bond donors (Lipinski definition) is 2. The number of nitrogens with zero attached hydrogens (tertiary/aromatic N) is 1. The fraction of sp³-hybridized carbons (Fsp3) is 0.367. The quantitative estimate of drug-likeness (QED) is 0.342. The van der Waals surface area contributed by atoms with Crippen LogP contribution in [0.3, 0.4) is 0 Å². The van der Waals surface area contributed by atoms with Gasteiger partial charge in [-0.1, -0.05) is 54.1 Å². The first-order valence-corrected chi connectivity index (χ1v) is 12.9. The highest BCUT2D eigenvalue weighted by atomic mass is 35.5. The number of aliphatic hydroxyl groups is 1. The van der Waals surface area contributed by atoms with Crippen LogP contribution in [-0.4, -0.2) is 53.4 Å². The van der Waals surface area contributed by atoms with Crippen LogP contribution in [0, 0.1) is 19.7 Å². The highest BCUT2D eigenvalue weighted by molar-refractivity contribution is 6.33. The van der Waals surface area contributed by atoms with Crippen molar-refractivity contribution in [2.75, 3.05) is 26.2 Å². The Bertz CT molecular complexity index is 1200. The van der Waals surface area contributed by atoms with Crippen LogP contribution in [0.25, 0.3) is 11.1 Å². The van der Waals surface area contributed by atoms with E-state index in [2.05, 4.69) is 4.90 Å². The van der Waals surface area contributed by atoms with Gasteiger partial charge in [0.1, 0.15) is 5.82 Å². The van der Waals surface area contributed by atoms with Gasteiger partial charge in [-0.15, -0.1) is 0 Å². The maximum atomic E-state index is 12.6. The van der Waals surface area contributed by atoms with Crippen LogP contribution in [0.5, 0.6) is 0 Å². The van der Waals surface area contributed by atoms with Gasteiger partial charge in [-0.3, -0.25) is 0 Å². The van der Waals surface area contributed by atoms with E-state index in [9.17, 15) is 14.3 Å². The number of carbonyl (C=O) groups is 1. The third-order valence-corrected chi connectivity index (χ3v) is 6.75. The lowest BCUT2D eigenvalue weighted by atomic mass is 9.96. The van der Waals surface area contributed by atoms with Crippen LogP contribution >= 0.6 is 11.6 Å². The number of aliphatic hydroxyl groups excluding tert-OH is 1. The molecular weight excluding hydrogens is 493 g/mol. The minimum atomic E-state index is -1.01. The highest BCUT2D eigenvalue weighted by Gasteiger charge is 2.19. The third kappa shape index (κ3) is 8.37. The summed E-state index contributed by atoms with van der Waals surface area (Å²) in [5.41, 5.74) is 4.43. The Balaban J connectivity index is 0.000000356. The second-order valence-electron chi connectivity index (χ2n) is 9.48. The molecule has 37 heavy (non-hydrogen) atoms. The zero-order valence-corrected chi connectivity index (χ0v) is 22.3. The van der Waals surface area contributed by atoms with Gasteiger partial charge >= 0.3 is 5.97 Å². The minimum absolute atomic E-state index is 0.116. The predicted octanol–water partition coefficient (Wildman–Crippen LogP) is 6.68. The number of aromatic carboxylic acids is 1. The maximum Gasteiger partial charge on any atom is 0.335 e. The van der Waals surface area contributed by atoms with E-state index < -0.39 is 12.1 Å². The number of likely N-dealkylation sites (tertiary alicyclic amines) is 1. The Labute approximate surface area is 223 Å². The molecule has 198 valence electrons. The van der Waals surface area contributed by atoms with Crippen molar-refractivity contribution in [2.24, 2.45) is 0 Å². The molecule has 0 saturated carbocycles. The Morgan fingerprint density at radius 3 is 2.38 bits per heavy atom. The molecule has 3 aromatic carbocycles. The molecule has 1 aliphatic rings. The summed E-state index contributed by atoms with van der Waals surface area (Å²) < 4.78 is 18.5. The monoisotopic (exact) mass is 527 g/mol. The molecular formula is C30H35ClFNO4. The van der Waals surface area contributed by atoms with Gasteiger partial charge in [0, 0.05) is 17.1 Å². The first kappa shape index (κ1) is 28.8. The summed E-state index contributed by atoms with van der Waals surface area (Å²) in [5, 5.41) is 19.8. The number of ether oxygens (including phenoxy) is 1. The predicted molar refractivity (Wildman–Crippen MR) is 146 cm³/mol. The minimum Gasteiger partial charge on any atom is -0.478 e. The molecule has 0 aliphatic carbocycles. The Hall–Kier alpha value is -2.77. The number of benzene rings is 3. The van der Waals surface area contributed by atoms with E-state index in [1.807, 2.05) is 44.2 Å². The lowest BCUT2D eigenvalue weighted by molar-refractivity contribution is -0.0131. The molecule has 1 heterocycles. The molecule has 5 nitrogen and oxygen atoms in total. The Morgan fingerprint density at radius 2 is 1.76 bits per heavy atom. The van der Waals surface area contributed by atoms with E-state index >= 15 is 0 Å². The molecule has 1 fully saturated rings. The molecule has 1 saturated heterocycles. The zero-order chi connectivity index (χ0) is 26.9. The average Bonchev–Trinajstić information content (AvgIpc) is 3.38. The van der Waals surface area contributed by atoms with E-state index in [-0.39, 0.29) is 24.1 Å². The Morgan fingerprint density at radius 1 is 1.05 bits per heavy atom. The normalized spacial score (nSPS) is 15.1. The van der Waals surface area contributed by atoms with Crippen molar-refractivity contribution < 1.29 is 24.1 Å². The van der Waals surface area contributed by atoms with E-state index in [4.69, 9.17) is 21.4 Å². The van der Waals surface area contributed by atoms with Gasteiger partial charge in [0.2, 0.25) is 0 Å². The summed E-state index contributed by atoms with van der Waals surface area (Å²) in [7, 11) is 0. The number of rotatable bonds is 8. The number of carboxylic acids is 1. The van der Waals surface area contributed by atoms with Crippen molar-refractivity contribution in [3.63, 3.8) is 0 Å². The number of β-amino-alcohol motifs (C(OH)–C–C–N with tert-alkyl or cyclic N) is 1. The van der Waals surface area contributed by atoms with Crippen molar-refractivity contribution in [3.8, 4) is 11.1 Å². The fourth-order valence-corrected chi connectivity index (χ4v) is 4.60. The molecule has 0 amide bonds. The molecule has 3 aromatic rings. The van der Waals surface area contributed by atoms with E-state index in [1.54, 1.807) is 25.1 Å². The van der Waals surface area contributed by atoms with Gasteiger partial charge in [-0.25, -0.2) is 9.18 Å². The number of aryl methyl sites for hydroxylation is 2. The second-order valence-corrected chi connectivity index (χ2v) is 9.88. The number of halogens is 2. The summed E-state index contributed by atoms with van der Waals surface area (Å²) in [6.45, 7) is 8.56. The number of hydrogen-bond acceptors (Lipinski definition) is 4. The van der Waals surface area contributed by atoms with Crippen molar-refractivity contribution >= 4 is 17.6 Å². The smallest absolute Gasteiger partial charge is 0.335 e. The molecule has 1 aliphatic heterocycles.